The molecular weight excluding hydrogens is 202 g/mol. The molecule has 0 atom stereocenters. The molecule has 0 radical (unpaired) electrons. The smallest absolute Gasteiger partial charge is 0.243 e. The second kappa shape index (κ2) is 5.18. The fourth-order valence-electron chi connectivity index (χ4n) is 2.53. The number of H-pyrrole nitrogens is 1. The largest absolute Gasteiger partial charge is 0.368 e. The van der Waals surface area contributed by atoms with E-state index >= 15 is 0 Å². The Morgan fingerprint density at radius 1 is 1.38 bits per heavy atom. The Hall–Kier alpha value is -1.26. The van der Waals surface area contributed by atoms with Gasteiger partial charge < -0.3 is 11.1 Å². The summed E-state index contributed by atoms with van der Waals surface area (Å²) in [5.74, 6) is 1.94. The zero-order chi connectivity index (χ0) is 11.4. The average molecular weight is 223 g/mol. The van der Waals surface area contributed by atoms with Crippen LogP contribution in [0.5, 0.6) is 0 Å². The zero-order valence-corrected chi connectivity index (χ0v) is 9.87. The highest BCUT2D eigenvalue weighted by atomic mass is 15.3. The molecule has 5 nitrogen and oxygen atoms in total. The monoisotopic (exact) mass is 223 g/mol. The van der Waals surface area contributed by atoms with E-state index in [0.29, 0.717) is 17.9 Å². The van der Waals surface area contributed by atoms with E-state index in [1.165, 1.54) is 38.5 Å². The molecule has 2 rings (SSSR count). The lowest BCUT2D eigenvalue weighted by Crippen LogP contribution is -2.26. The minimum Gasteiger partial charge on any atom is -0.368 e. The molecule has 0 unspecified atom stereocenters. The van der Waals surface area contributed by atoms with E-state index in [2.05, 4.69) is 27.4 Å². The minimum absolute atomic E-state index is 0.377. The first-order chi connectivity index (χ1) is 7.78. The van der Waals surface area contributed by atoms with E-state index in [4.69, 9.17) is 5.73 Å². The maximum atomic E-state index is 5.48. The number of rotatable bonds is 4. The van der Waals surface area contributed by atoms with Crippen LogP contribution in [0.15, 0.2) is 0 Å². The van der Waals surface area contributed by atoms with Crippen LogP contribution in [-0.2, 0) is 0 Å². The van der Waals surface area contributed by atoms with Crippen LogP contribution in [-0.4, -0.2) is 21.2 Å². The first kappa shape index (κ1) is 11.2. The molecule has 1 aromatic rings. The summed E-state index contributed by atoms with van der Waals surface area (Å²) in [4.78, 5) is 4.06. The maximum absolute atomic E-state index is 5.48. The van der Waals surface area contributed by atoms with Crippen molar-refractivity contribution in [1.82, 2.24) is 15.2 Å². The summed E-state index contributed by atoms with van der Waals surface area (Å²) >= 11 is 0. The maximum Gasteiger partial charge on any atom is 0.243 e. The van der Waals surface area contributed by atoms with Crippen molar-refractivity contribution < 1.29 is 0 Å². The van der Waals surface area contributed by atoms with Gasteiger partial charge in [0, 0.05) is 6.04 Å². The van der Waals surface area contributed by atoms with E-state index in [9.17, 15) is 0 Å². The highest BCUT2D eigenvalue weighted by molar-refractivity contribution is 5.30. The molecule has 0 aromatic carbocycles. The standard InChI is InChI=1S/C11H21N5/c1-2-3-8-4-6-9(7-5-8)13-11-14-10(12)15-16-11/h8-9H,2-7H2,1H3,(H4,12,13,14,15,16). The molecule has 5 heteroatoms. The highest BCUT2D eigenvalue weighted by Crippen LogP contribution is 2.28. The number of nitrogens with zero attached hydrogens (tertiary/aromatic N) is 2. The lowest BCUT2D eigenvalue weighted by molar-refractivity contribution is 0.318. The van der Waals surface area contributed by atoms with Crippen LogP contribution in [0, 0.1) is 5.92 Å². The molecule has 1 heterocycles. The predicted molar refractivity (Wildman–Crippen MR) is 65.1 cm³/mol. The number of anilines is 2. The molecule has 1 aliphatic carbocycles. The van der Waals surface area contributed by atoms with Gasteiger partial charge in [0.1, 0.15) is 0 Å². The fourth-order valence-corrected chi connectivity index (χ4v) is 2.53. The Morgan fingerprint density at radius 2 is 2.12 bits per heavy atom. The van der Waals surface area contributed by atoms with Crippen LogP contribution in [0.25, 0.3) is 0 Å². The SMILES string of the molecule is CCCC1CCC(Nc2n[nH]c(N)n2)CC1. The minimum atomic E-state index is 0.377. The number of aromatic nitrogens is 3. The van der Waals surface area contributed by atoms with Crippen molar-refractivity contribution in [2.45, 2.75) is 51.5 Å². The predicted octanol–water partition coefficient (Wildman–Crippen LogP) is 2.16. The molecule has 4 N–H and O–H groups in total. The summed E-state index contributed by atoms with van der Waals surface area (Å²) < 4.78 is 0. The summed E-state index contributed by atoms with van der Waals surface area (Å²) in [7, 11) is 0. The van der Waals surface area contributed by atoms with Crippen LogP contribution in [0.1, 0.15) is 45.4 Å². The van der Waals surface area contributed by atoms with Gasteiger partial charge in [-0.2, -0.15) is 4.98 Å². The fraction of sp³-hybridized carbons (Fsp3) is 0.818. The number of hydrogen-bond acceptors (Lipinski definition) is 4. The molecule has 0 amide bonds. The quantitative estimate of drug-likeness (QED) is 0.730. The number of hydrogen-bond donors (Lipinski definition) is 3. The van der Waals surface area contributed by atoms with Gasteiger partial charge in [-0.05, 0) is 31.6 Å². The molecule has 1 aromatic heterocycles. The van der Waals surface area contributed by atoms with E-state index < -0.39 is 0 Å². The van der Waals surface area contributed by atoms with Gasteiger partial charge in [-0.25, -0.2) is 5.10 Å². The molecule has 16 heavy (non-hydrogen) atoms. The van der Waals surface area contributed by atoms with Crippen molar-refractivity contribution in [3.8, 4) is 0 Å². The van der Waals surface area contributed by atoms with Gasteiger partial charge in [0.2, 0.25) is 11.9 Å². The Kier molecular flexibility index (Phi) is 3.64. The van der Waals surface area contributed by atoms with Gasteiger partial charge in [0.15, 0.2) is 0 Å². The van der Waals surface area contributed by atoms with E-state index in [0.717, 1.165) is 5.92 Å². The second-order valence-electron chi connectivity index (χ2n) is 4.69. The van der Waals surface area contributed by atoms with Crippen molar-refractivity contribution >= 4 is 11.9 Å². The number of nitrogens with two attached hydrogens (primary N) is 1. The van der Waals surface area contributed by atoms with Crippen molar-refractivity contribution in [3.63, 3.8) is 0 Å². The molecular formula is C11H21N5. The molecule has 0 aliphatic heterocycles. The van der Waals surface area contributed by atoms with Gasteiger partial charge in [0.25, 0.3) is 0 Å². The summed E-state index contributed by atoms with van der Waals surface area (Å²) in [6.07, 6.45) is 7.77. The van der Waals surface area contributed by atoms with Gasteiger partial charge in [-0.1, -0.05) is 19.8 Å². The summed E-state index contributed by atoms with van der Waals surface area (Å²) in [5, 5.41) is 9.97. The Bertz CT molecular complexity index is 314. The molecule has 1 aliphatic rings. The van der Waals surface area contributed by atoms with Gasteiger partial charge in [0.05, 0.1) is 0 Å². The van der Waals surface area contributed by atoms with Crippen molar-refractivity contribution in [3.05, 3.63) is 0 Å². The number of nitrogen functional groups attached to an aromatic ring is 1. The van der Waals surface area contributed by atoms with Crippen molar-refractivity contribution in [1.29, 1.82) is 0 Å². The van der Waals surface area contributed by atoms with Gasteiger partial charge in [-0.3, -0.25) is 0 Å². The third-order valence-electron chi connectivity index (χ3n) is 3.38. The second-order valence-corrected chi connectivity index (χ2v) is 4.69. The first-order valence-electron chi connectivity index (χ1n) is 6.22. The van der Waals surface area contributed by atoms with E-state index in [1.54, 1.807) is 0 Å². The van der Waals surface area contributed by atoms with Crippen LogP contribution in [0.2, 0.25) is 0 Å². The van der Waals surface area contributed by atoms with Crippen LogP contribution in [0.3, 0.4) is 0 Å². The zero-order valence-electron chi connectivity index (χ0n) is 9.87. The third-order valence-corrected chi connectivity index (χ3v) is 3.38. The molecule has 0 spiro atoms. The topological polar surface area (TPSA) is 79.6 Å². The molecule has 1 saturated carbocycles. The van der Waals surface area contributed by atoms with Crippen molar-refractivity contribution in [2.24, 2.45) is 5.92 Å². The van der Waals surface area contributed by atoms with Gasteiger partial charge >= 0.3 is 0 Å². The number of aromatic amines is 1. The Labute approximate surface area is 96.2 Å². The Morgan fingerprint density at radius 3 is 2.69 bits per heavy atom. The summed E-state index contributed by atoms with van der Waals surface area (Å²) in [6, 6.07) is 0.517. The lowest BCUT2D eigenvalue weighted by atomic mass is 9.83. The summed E-state index contributed by atoms with van der Waals surface area (Å²) in [5.41, 5.74) is 5.48. The lowest BCUT2D eigenvalue weighted by Gasteiger charge is -2.28. The highest BCUT2D eigenvalue weighted by Gasteiger charge is 2.21. The molecule has 0 saturated heterocycles. The van der Waals surface area contributed by atoms with E-state index in [-0.39, 0.29) is 0 Å². The normalized spacial score (nSPS) is 25.6. The molecule has 1 fully saturated rings. The van der Waals surface area contributed by atoms with E-state index in [1.807, 2.05) is 0 Å². The van der Waals surface area contributed by atoms with Gasteiger partial charge in [-0.15, -0.1) is 5.10 Å². The van der Waals surface area contributed by atoms with Crippen molar-refractivity contribution in [2.75, 3.05) is 11.1 Å². The van der Waals surface area contributed by atoms with Crippen LogP contribution in [0.4, 0.5) is 11.9 Å². The third kappa shape index (κ3) is 2.87. The molecule has 90 valence electrons. The summed E-state index contributed by atoms with van der Waals surface area (Å²) in [6.45, 7) is 2.26. The first-order valence-corrected chi connectivity index (χ1v) is 6.22. The number of nitrogens with one attached hydrogen (secondary N) is 2. The average Bonchev–Trinajstić information content (AvgIpc) is 2.67. The Balaban J connectivity index is 1.77. The van der Waals surface area contributed by atoms with Crippen LogP contribution < -0.4 is 11.1 Å². The molecule has 0 bridgehead atoms. The van der Waals surface area contributed by atoms with Crippen LogP contribution >= 0.6 is 0 Å².